The van der Waals surface area contributed by atoms with Crippen molar-refractivity contribution in [2.45, 2.75) is 20.3 Å². The Kier molecular flexibility index (Phi) is 5.39. The first-order valence-corrected chi connectivity index (χ1v) is 5.75. The van der Waals surface area contributed by atoms with Gasteiger partial charge < -0.3 is 10.6 Å². The molecule has 0 aliphatic rings. The van der Waals surface area contributed by atoms with Gasteiger partial charge in [-0.2, -0.15) is 5.26 Å². The second-order valence-corrected chi connectivity index (χ2v) is 3.79. The van der Waals surface area contributed by atoms with E-state index in [9.17, 15) is 4.79 Å². The predicted molar refractivity (Wildman–Crippen MR) is 69.6 cm³/mol. The molecule has 0 bridgehead atoms. The summed E-state index contributed by atoms with van der Waals surface area (Å²) in [6.45, 7) is 4.44. The topological polar surface area (TPSA) is 77.8 Å². The smallest absolute Gasteiger partial charge is 0.263 e. The highest BCUT2D eigenvalue weighted by atomic mass is 16.1. The molecule has 5 heteroatoms. The van der Waals surface area contributed by atoms with Crippen molar-refractivity contribution in [3.8, 4) is 6.07 Å². The average molecular weight is 244 g/mol. The van der Waals surface area contributed by atoms with E-state index in [2.05, 4.69) is 15.6 Å². The number of pyridine rings is 1. The molecule has 5 nitrogen and oxygen atoms in total. The molecule has 1 amide bonds. The number of nitriles is 1. The van der Waals surface area contributed by atoms with Crippen LogP contribution in [0.1, 0.15) is 18.9 Å². The van der Waals surface area contributed by atoms with E-state index in [0.717, 1.165) is 12.0 Å². The molecule has 1 aromatic rings. The molecule has 18 heavy (non-hydrogen) atoms. The van der Waals surface area contributed by atoms with Gasteiger partial charge in [0.1, 0.15) is 17.5 Å². The minimum Gasteiger partial charge on any atom is -0.351 e. The van der Waals surface area contributed by atoms with Crippen molar-refractivity contribution in [3.05, 3.63) is 35.7 Å². The molecule has 94 valence electrons. The Morgan fingerprint density at radius 1 is 1.56 bits per heavy atom. The van der Waals surface area contributed by atoms with Gasteiger partial charge in [-0.1, -0.05) is 13.0 Å². The zero-order valence-corrected chi connectivity index (χ0v) is 10.5. The number of nitrogens with zero attached hydrogens (tertiary/aromatic N) is 2. The number of anilines is 1. The van der Waals surface area contributed by atoms with Crippen molar-refractivity contribution >= 4 is 11.7 Å². The summed E-state index contributed by atoms with van der Waals surface area (Å²) < 4.78 is 0. The molecule has 1 aromatic heterocycles. The summed E-state index contributed by atoms with van der Waals surface area (Å²) >= 11 is 0. The van der Waals surface area contributed by atoms with E-state index >= 15 is 0 Å². The van der Waals surface area contributed by atoms with Crippen molar-refractivity contribution in [2.24, 2.45) is 0 Å². The third-order valence-corrected chi connectivity index (χ3v) is 2.18. The fourth-order valence-electron chi connectivity index (χ4n) is 1.18. The van der Waals surface area contributed by atoms with E-state index < -0.39 is 0 Å². The van der Waals surface area contributed by atoms with E-state index in [1.54, 1.807) is 12.3 Å². The Balaban J connectivity index is 2.66. The van der Waals surface area contributed by atoms with Crippen LogP contribution >= 0.6 is 0 Å². The standard InChI is InChI=1S/C13H16N4O/c1-3-6-15-13(18)11(7-14)9-17-12-5-4-10(2)8-16-12/h4-5,8-9H,3,6H2,1-2H3,(H,15,18)(H,16,17)/b11-9-. The van der Waals surface area contributed by atoms with Gasteiger partial charge >= 0.3 is 0 Å². The largest absolute Gasteiger partial charge is 0.351 e. The summed E-state index contributed by atoms with van der Waals surface area (Å²) in [6, 6.07) is 5.53. The Bertz CT molecular complexity index is 471. The lowest BCUT2D eigenvalue weighted by Crippen LogP contribution is -2.25. The molecule has 1 heterocycles. The average Bonchev–Trinajstić information content (AvgIpc) is 2.39. The van der Waals surface area contributed by atoms with Gasteiger partial charge in [-0.05, 0) is 25.0 Å². The van der Waals surface area contributed by atoms with E-state index in [4.69, 9.17) is 5.26 Å². The van der Waals surface area contributed by atoms with Crippen molar-refractivity contribution in [1.29, 1.82) is 5.26 Å². The maximum absolute atomic E-state index is 11.5. The summed E-state index contributed by atoms with van der Waals surface area (Å²) in [5, 5.41) is 14.3. The summed E-state index contributed by atoms with van der Waals surface area (Å²) in [4.78, 5) is 15.7. The Morgan fingerprint density at radius 3 is 2.89 bits per heavy atom. The van der Waals surface area contributed by atoms with Gasteiger partial charge in [0.15, 0.2) is 0 Å². The van der Waals surface area contributed by atoms with Gasteiger partial charge in [-0.3, -0.25) is 4.79 Å². The number of carbonyl (C=O) groups is 1. The van der Waals surface area contributed by atoms with Crippen LogP contribution < -0.4 is 10.6 Å². The lowest BCUT2D eigenvalue weighted by Gasteiger charge is -2.03. The number of amides is 1. The Morgan fingerprint density at radius 2 is 2.33 bits per heavy atom. The summed E-state index contributed by atoms with van der Waals surface area (Å²) in [6.07, 6.45) is 3.90. The summed E-state index contributed by atoms with van der Waals surface area (Å²) in [5.74, 6) is 0.218. The highest BCUT2D eigenvalue weighted by molar-refractivity contribution is 5.97. The SMILES string of the molecule is CCCNC(=O)/C(C#N)=C\Nc1ccc(C)cn1. The van der Waals surface area contributed by atoms with E-state index in [1.807, 2.05) is 26.0 Å². The lowest BCUT2D eigenvalue weighted by atomic mass is 10.3. The van der Waals surface area contributed by atoms with Crippen LogP contribution in [0.2, 0.25) is 0 Å². The second kappa shape index (κ2) is 7.07. The number of nitrogens with one attached hydrogen (secondary N) is 2. The number of carbonyl (C=O) groups excluding carboxylic acids is 1. The van der Waals surface area contributed by atoms with Gasteiger partial charge in [0.05, 0.1) is 0 Å². The normalized spacial score (nSPS) is 10.6. The molecule has 0 saturated carbocycles. The fourth-order valence-corrected chi connectivity index (χ4v) is 1.18. The summed E-state index contributed by atoms with van der Waals surface area (Å²) in [7, 11) is 0. The van der Waals surface area contributed by atoms with Gasteiger partial charge in [0, 0.05) is 18.9 Å². The predicted octanol–water partition coefficient (Wildman–Crippen LogP) is 1.74. The second-order valence-electron chi connectivity index (χ2n) is 3.79. The Hall–Kier alpha value is -2.35. The zero-order valence-electron chi connectivity index (χ0n) is 10.5. The molecule has 0 aliphatic carbocycles. The first-order chi connectivity index (χ1) is 8.67. The zero-order chi connectivity index (χ0) is 13.4. The highest BCUT2D eigenvalue weighted by Crippen LogP contribution is 2.04. The van der Waals surface area contributed by atoms with Crippen LogP contribution in [0.15, 0.2) is 30.1 Å². The molecular weight excluding hydrogens is 228 g/mol. The first-order valence-electron chi connectivity index (χ1n) is 5.75. The maximum atomic E-state index is 11.5. The maximum Gasteiger partial charge on any atom is 0.263 e. The third-order valence-electron chi connectivity index (χ3n) is 2.18. The van der Waals surface area contributed by atoms with E-state index in [-0.39, 0.29) is 11.5 Å². The third kappa shape index (κ3) is 4.26. The van der Waals surface area contributed by atoms with E-state index in [0.29, 0.717) is 12.4 Å². The van der Waals surface area contributed by atoms with Crippen LogP contribution in [0.5, 0.6) is 0 Å². The van der Waals surface area contributed by atoms with Gasteiger partial charge in [0.25, 0.3) is 5.91 Å². The van der Waals surface area contributed by atoms with Crippen molar-refractivity contribution in [2.75, 3.05) is 11.9 Å². The van der Waals surface area contributed by atoms with Crippen LogP contribution in [-0.4, -0.2) is 17.4 Å². The molecule has 0 spiro atoms. The van der Waals surface area contributed by atoms with Crippen LogP contribution in [0.25, 0.3) is 0 Å². The molecule has 0 fully saturated rings. The molecule has 0 unspecified atom stereocenters. The molecule has 0 radical (unpaired) electrons. The quantitative estimate of drug-likeness (QED) is 0.611. The monoisotopic (exact) mass is 244 g/mol. The molecular formula is C13H16N4O. The van der Waals surface area contributed by atoms with Gasteiger partial charge in [0.2, 0.25) is 0 Å². The van der Waals surface area contributed by atoms with Crippen LogP contribution in [0.4, 0.5) is 5.82 Å². The summed E-state index contributed by atoms with van der Waals surface area (Å²) in [5.41, 5.74) is 1.08. The number of aromatic nitrogens is 1. The molecule has 1 rings (SSSR count). The number of aryl methyl sites for hydroxylation is 1. The van der Waals surface area contributed by atoms with Gasteiger partial charge in [-0.15, -0.1) is 0 Å². The van der Waals surface area contributed by atoms with Crippen molar-refractivity contribution in [3.63, 3.8) is 0 Å². The first kappa shape index (κ1) is 13.7. The van der Waals surface area contributed by atoms with E-state index in [1.165, 1.54) is 6.20 Å². The lowest BCUT2D eigenvalue weighted by molar-refractivity contribution is -0.117. The van der Waals surface area contributed by atoms with Crippen LogP contribution in [0, 0.1) is 18.3 Å². The highest BCUT2D eigenvalue weighted by Gasteiger charge is 2.07. The molecule has 0 atom stereocenters. The molecule has 0 aliphatic heterocycles. The van der Waals surface area contributed by atoms with Crippen LogP contribution in [-0.2, 0) is 4.79 Å². The molecule has 0 aromatic carbocycles. The van der Waals surface area contributed by atoms with Crippen LogP contribution in [0.3, 0.4) is 0 Å². The number of hydrogen-bond acceptors (Lipinski definition) is 4. The minimum absolute atomic E-state index is 0.0332. The van der Waals surface area contributed by atoms with Crippen molar-refractivity contribution < 1.29 is 4.79 Å². The number of hydrogen-bond donors (Lipinski definition) is 2. The minimum atomic E-state index is -0.376. The van der Waals surface area contributed by atoms with Gasteiger partial charge in [-0.25, -0.2) is 4.98 Å². The Labute approximate surface area is 107 Å². The number of rotatable bonds is 5. The molecule has 0 saturated heterocycles. The fraction of sp³-hybridized carbons (Fsp3) is 0.308. The molecule has 2 N–H and O–H groups in total. The van der Waals surface area contributed by atoms with Crippen molar-refractivity contribution in [1.82, 2.24) is 10.3 Å².